The SMILES string of the molecule is CC(c1ccccc1)n1cnc2[nH][nH]c(=O)c2c1=O. The quantitative estimate of drug-likeness (QED) is 0.718. The average molecular weight is 256 g/mol. The smallest absolute Gasteiger partial charge is 0.279 e. The van der Waals surface area contributed by atoms with E-state index in [0.29, 0.717) is 0 Å². The molecule has 0 saturated carbocycles. The minimum absolute atomic E-state index is 0.0604. The molecule has 96 valence electrons. The normalized spacial score (nSPS) is 12.7. The number of nitrogens with one attached hydrogen (secondary N) is 2. The highest BCUT2D eigenvalue weighted by atomic mass is 16.1. The lowest BCUT2D eigenvalue weighted by Gasteiger charge is -2.14. The zero-order valence-electron chi connectivity index (χ0n) is 10.3. The molecule has 2 aromatic heterocycles. The second kappa shape index (κ2) is 4.24. The zero-order chi connectivity index (χ0) is 13.4. The summed E-state index contributed by atoms with van der Waals surface area (Å²) in [5.74, 6) is 0. The summed E-state index contributed by atoms with van der Waals surface area (Å²) in [6.07, 6.45) is 1.45. The van der Waals surface area contributed by atoms with Gasteiger partial charge in [-0.1, -0.05) is 30.3 Å². The van der Waals surface area contributed by atoms with Gasteiger partial charge in [-0.3, -0.25) is 24.4 Å². The van der Waals surface area contributed by atoms with Crippen molar-refractivity contribution in [3.63, 3.8) is 0 Å². The summed E-state index contributed by atoms with van der Waals surface area (Å²) in [7, 11) is 0. The highest BCUT2D eigenvalue weighted by molar-refractivity contribution is 5.71. The number of H-pyrrole nitrogens is 2. The van der Waals surface area contributed by atoms with E-state index >= 15 is 0 Å². The zero-order valence-corrected chi connectivity index (χ0v) is 10.3. The van der Waals surface area contributed by atoms with Crippen LogP contribution in [0.1, 0.15) is 18.5 Å². The fourth-order valence-electron chi connectivity index (χ4n) is 2.11. The van der Waals surface area contributed by atoms with E-state index in [4.69, 9.17) is 0 Å². The maximum atomic E-state index is 12.3. The maximum Gasteiger partial charge on any atom is 0.279 e. The molecule has 2 heterocycles. The summed E-state index contributed by atoms with van der Waals surface area (Å²) in [6.45, 7) is 1.89. The van der Waals surface area contributed by atoms with Crippen molar-refractivity contribution < 1.29 is 0 Å². The van der Waals surface area contributed by atoms with Crippen LogP contribution in [-0.2, 0) is 0 Å². The number of benzene rings is 1. The minimum atomic E-state index is -0.442. The molecule has 0 bridgehead atoms. The highest BCUT2D eigenvalue weighted by Crippen LogP contribution is 2.15. The molecule has 1 unspecified atom stereocenters. The van der Waals surface area contributed by atoms with Gasteiger partial charge in [-0.15, -0.1) is 0 Å². The van der Waals surface area contributed by atoms with Crippen molar-refractivity contribution in [2.24, 2.45) is 0 Å². The summed E-state index contributed by atoms with van der Waals surface area (Å²) in [5, 5.41) is 5.00. The fraction of sp³-hybridized carbons (Fsp3) is 0.154. The fourth-order valence-corrected chi connectivity index (χ4v) is 2.11. The Hall–Kier alpha value is -2.63. The molecular weight excluding hydrogens is 244 g/mol. The monoisotopic (exact) mass is 256 g/mol. The molecule has 2 N–H and O–H groups in total. The van der Waals surface area contributed by atoms with Crippen molar-refractivity contribution in [2.45, 2.75) is 13.0 Å². The van der Waals surface area contributed by atoms with Gasteiger partial charge in [0.1, 0.15) is 6.33 Å². The number of fused-ring (bicyclic) bond motifs is 1. The van der Waals surface area contributed by atoms with Crippen molar-refractivity contribution in [3.05, 3.63) is 62.9 Å². The largest absolute Gasteiger partial charge is 0.291 e. The van der Waals surface area contributed by atoms with Gasteiger partial charge in [0.15, 0.2) is 11.0 Å². The van der Waals surface area contributed by atoms with E-state index in [2.05, 4.69) is 15.2 Å². The Balaban J connectivity index is 2.21. The van der Waals surface area contributed by atoms with E-state index < -0.39 is 5.56 Å². The van der Waals surface area contributed by atoms with Crippen molar-refractivity contribution in [1.29, 1.82) is 0 Å². The molecular formula is C13H12N4O2. The van der Waals surface area contributed by atoms with E-state index in [1.165, 1.54) is 10.9 Å². The molecule has 0 fully saturated rings. The van der Waals surface area contributed by atoms with Gasteiger partial charge in [-0.25, -0.2) is 4.98 Å². The number of nitrogens with zero attached hydrogens (tertiary/aromatic N) is 2. The molecule has 3 aromatic rings. The second-order valence-electron chi connectivity index (χ2n) is 4.35. The van der Waals surface area contributed by atoms with Gasteiger partial charge in [-0.05, 0) is 12.5 Å². The summed E-state index contributed by atoms with van der Waals surface area (Å²) < 4.78 is 1.46. The Labute approximate surface area is 107 Å². The lowest BCUT2D eigenvalue weighted by atomic mass is 10.1. The third kappa shape index (κ3) is 1.77. The number of hydrogen-bond donors (Lipinski definition) is 2. The Kier molecular flexibility index (Phi) is 2.56. The maximum absolute atomic E-state index is 12.3. The van der Waals surface area contributed by atoms with Crippen molar-refractivity contribution in [1.82, 2.24) is 19.7 Å². The Morgan fingerprint density at radius 3 is 2.63 bits per heavy atom. The van der Waals surface area contributed by atoms with Crippen LogP contribution in [0.5, 0.6) is 0 Å². The van der Waals surface area contributed by atoms with Crippen LogP contribution in [0.15, 0.2) is 46.2 Å². The van der Waals surface area contributed by atoms with Crippen LogP contribution in [0.2, 0.25) is 0 Å². The first-order chi connectivity index (χ1) is 9.18. The Morgan fingerprint density at radius 2 is 1.89 bits per heavy atom. The molecule has 6 nitrogen and oxygen atoms in total. The lowest BCUT2D eigenvalue weighted by molar-refractivity contribution is 0.608. The Morgan fingerprint density at radius 1 is 1.16 bits per heavy atom. The molecule has 6 heteroatoms. The van der Waals surface area contributed by atoms with Gasteiger partial charge in [0.2, 0.25) is 0 Å². The lowest BCUT2D eigenvalue weighted by Crippen LogP contribution is -2.26. The molecule has 0 spiro atoms. The summed E-state index contributed by atoms with van der Waals surface area (Å²) in [5.41, 5.74) is 0.482. The number of aromatic nitrogens is 4. The van der Waals surface area contributed by atoms with Gasteiger partial charge in [-0.2, -0.15) is 0 Å². The van der Waals surface area contributed by atoms with Crippen molar-refractivity contribution in [2.75, 3.05) is 0 Å². The van der Waals surface area contributed by atoms with Crippen molar-refractivity contribution in [3.8, 4) is 0 Å². The van der Waals surface area contributed by atoms with Gasteiger partial charge >= 0.3 is 0 Å². The van der Waals surface area contributed by atoms with Gasteiger partial charge in [0, 0.05) is 0 Å². The second-order valence-corrected chi connectivity index (χ2v) is 4.35. The van der Waals surface area contributed by atoms with E-state index in [9.17, 15) is 9.59 Å². The van der Waals surface area contributed by atoms with E-state index in [0.717, 1.165) is 5.56 Å². The average Bonchev–Trinajstić information content (AvgIpc) is 2.82. The van der Waals surface area contributed by atoms with E-state index in [1.54, 1.807) is 0 Å². The topological polar surface area (TPSA) is 83.5 Å². The van der Waals surface area contributed by atoms with Gasteiger partial charge in [0.25, 0.3) is 11.1 Å². The van der Waals surface area contributed by atoms with Crippen LogP contribution in [-0.4, -0.2) is 19.7 Å². The molecule has 3 rings (SSSR count). The minimum Gasteiger partial charge on any atom is -0.291 e. The first-order valence-electron chi connectivity index (χ1n) is 5.91. The van der Waals surface area contributed by atoms with Crippen LogP contribution in [0, 0.1) is 0 Å². The predicted octanol–water partition coefficient (Wildman–Crippen LogP) is 1.02. The first kappa shape index (κ1) is 11.5. The number of rotatable bonds is 2. The van der Waals surface area contributed by atoms with Crippen LogP contribution < -0.4 is 11.1 Å². The van der Waals surface area contributed by atoms with Gasteiger partial charge < -0.3 is 0 Å². The van der Waals surface area contributed by atoms with E-state index in [-0.39, 0.29) is 22.6 Å². The van der Waals surface area contributed by atoms with Crippen molar-refractivity contribution >= 4 is 11.0 Å². The molecule has 1 aromatic carbocycles. The highest BCUT2D eigenvalue weighted by Gasteiger charge is 2.14. The molecule has 0 aliphatic carbocycles. The van der Waals surface area contributed by atoms with Crippen LogP contribution in [0.25, 0.3) is 11.0 Å². The van der Waals surface area contributed by atoms with Crippen LogP contribution in [0.3, 0.4) is 0 Å². The molecule has 0 radical (unpaired) electrons. The Bertz CT molecular complexity index is 829. The molecule has 0 amide bonds. The molecule has 1 atom stereocenters. The number of aromatic amines is 2. The molecule has 19 heavy (non-hydrogen) atoms. The van der Waals surface area contributed by atoms with E-state index in [1.807, 2.05) is 37.3 Å². The van der Waals surface area contributed by atoms with Crippen LogP contribution in [0.4, 0.5) is 0 Å². The van der Waals surface area contributed by atoms with Crippen LogP contribution >= 0.6 is 0 Å². The molecule has 0 aliphatic heterocycles. The molecule has 0 saturated heterocycles. The predicted molar refractivity (Wildman–Crippen MR) is 71.2 cm³/mol. The summed E-state index contributed by atoms with van der Waals surface area (Å²) in [6, 6.07) is 9.42. The standard InChI is InChI=1S/C13H12N4O2/c1-8(9-5-3-2-4-6-9)17-7-14-11-10(13(17)19)12(18)16-15-11/h2-8H,1H3,(H2,15,16,18). The third-order valence-corrected chi connectivity index (χ3v) is 3.22. The molecule has 0 aliphatic rings. The summed E-state index contributed by atoms with van der Waals surface area (Å²) in [4.78, 5) is 28.0. The third-order valence-electron chi connectivity index (χ3n) is 3.22. The first-order valence-corrected chi connectivity index (χ1v) is 5.91. The van der Waals surface area contributed by atoms with Gasteiger partial charge in [0.05, 0.1) is 6.04 Å². The summed E-state index contributed by atoms with van der Waals surface area (Å²) >= 11 is 0. The number of hydrogen-bond acceptors (Lipinski definition) is 3.